The van der Waals surface area contributed by atoms with Gasteiger partial charge in [-0.25, -0.2) is 0 Å². The molecule has 150 valence electrons. The molecule has 0 saturated carbocycles. The molecule has 1 saturated heterocycles. The van der Waals surface area contributed by atoms with Crippen LogP contribution in [0, 0.1) is 0 Å². The van der Waals surface area contributed by atoms with Crippen molar-refractivity contribution in [3.8, 4) is 0 Å². The van der Waals surface area contributed by atoms with E-state index in [-0.39, 0.29) is 36.4 Å². The number of carbonyl (C=O) groups excluding carboxylic acids is 4. The molecule has 2 aliphatic rings. The topological polar surface area (TPSA) is 93.2 Å². The quantitative estimate of drug-likeness (QED) is 0.396. The Morgan fingerprint density at radius 1 is 1.18 bits per heavy atom. The number of ether oxygens (including phenoxy) is 2. The van der Waals surface area contributed by atoms with Crippen molar-refractivity contribution in [3.63, 3.8) is 0 Å². The van der Waals surface area contributed by atoms with E-state index in [1.165, 1.54) is 35.9 Å². The van der Waals surface area contributed by atoms with Crippen LogP contribution in [0.4, 0.5) is 0 Å². The highest BCUT2D eigenvalue weighted by molar-refractivity contribution is 8.00. The maximum Gasteiger partial charge on any atom is 0.320 e. The molecule has 3 rings (SSSR count). The van der Waals surface area contributed by atoms with E-state index >= 15 is 0 Å². The van der Waals surface area contributed by atoms with E-state index in [9.17, 15) is 19.2 Å². The Kier molecular flexibility index (Phi) is 6.35. The number of benzene rings is 1. The molecule has 0 unspecified atom stereocenters. The van der Waals surface area contributed by atoms with E-state index in [0.29, 0.717) is 36.5 Å². The maximum atomic E-state index is 12.9. The highest BCUT2D eigenvalue weighted by Crippen LogP contribution is 2.26. The van der Waals surface area contributed by atoms with Crippen molar-refractivity contribution in [1.29, 1.82) is 0 Å². The smallest absolute Gasteiger partial charge is 0.320 e. The molecule has 9 heteroatoms. The summed E-state index contributed by atoms with van der Waals surface area (Å²) in [6, 6.07) is 4.55. The molecule has 0 radical (unpaired) electrons. The Hall–Kier alpha value is -2.39. The van der Waals surface area contributed by atoms with Crippen LogP contribution in [0.1, 0.15) is 37.5 Å². The average molecular weight is 406 g/mol. The number of fused-ring (bicyclic) bond motifs is 1. The van der Waals surface area contributed by atoms with Crippen LogP contribution in [0.15, 0.2) is 18.2 Å². The summed E-state index contributed by atoms with van der Waals surface area (Å²) >= 11 is 1.46. The zero-order valence-corrected chi connectivity index (χ0v) is 16.6. The van der Waals surface area contributed by atoms with Crippen molar-refractivity contribution >= 4 is 35.5 Å². The number of imide groups is 1. The number of rotatable bonds is 6. The van der Waals surface area contributed by atoms with E-state index in [2.05, 4.69) is 0 Å². The van der Waals surface area contributed by atoms with Gasteiger partial charge in [0.25, 0.3) is 17.7 Å². The van der Waals surface area contributed by atoms with Gasteiger partial charge in [0.1, 0.15) is 5.25 Å². The van der Waals surface area contributed by atoms with Crippen molar-refractivity contribution in [3.05, 3.63) is 34.9 Å². The fourth-order valence-electron chi connectivity index (χ4n) is 3.28. The van der Waals surface area contributed by atoms with Gasteiger partial charge in [-0.2, -0.15) is 0 Å². The summed E-state index contributed by atoms with van der Waals surface area (Å²) in [6.45, 7) is 1.48. The van der Waals surface area contributed by atoms with E-state index in [1.807, 2.05) is 0 Å². The molecule has 8 nitrogen and oxygen atoms in total. The number of esters is 1. The molecule has 2 aliphatic heterocycles. The Morgan fingerprint density at radius 3 is 2.64 bits per heavy atom. The molecular formula is C19H22N2O6S. The predicted octanol–water partition coefficient (Wildman–Crippen LogP) is 1.05. The van der Waals surface area contributed by atoms with Crippen molar-refractivity contribution in [2.45, 2.75) is 11.7 Å². The van der Waals surface area contributed by atoms with Gasteiger partial charge in [0, 0.05) is 44.7 Å². The molecule has 2 heterocycles. The molecule has 1 atom stereocenters. The molecule has 0 spiro atoms. The molecule has 0 bridgehead atoms. The molecule has 1 aromatic rings. The largest absolute Gasteiger partial charge is 0.468 e. The predicted molar refractivity (Wildman–Crippen MR) is 102 cm³/mol. The number of hydrogen-bond donors (Lipinski definition) is 0. The van der Waals surface area contributed by atoms with Gasteiger partial charge >= 0.3 is 5.97 Å². The summed E-state index contributed by atoms with van der Waals surface area (Å²) in [4.78, 5) is 52.5. The van der Waals surface area contributed by atoms with Crippen LogP contribution in [-0.2, 0) is 14.3 Å². The monoisotopic (exact) mass is 406 g/mol. The lowest BCUT2D eigenvalue weighted by Gasteiger charge is -2.31. The fraction of sp³-hybridized carbons (Fsp3) is 0.474. The summed E-state index contributed by atoms with van der Waals surface area (Å²) < 4.78 is 9.73. The first kappa shape index (κ1) is 20.3. The van der Waals surface area contributed by atoms with Gasteiger partial charge in [-0.15, -0.1) is 11.8 Å². The number of nitrogens with zero attached hydrogens (tertiary/aromatic N) is 2. The molecule has 0 aromatic heterocycles. The highest BCUT2D eigenvalue weighted by atomic mass is 32.2. The SMILES string of the molecule is COCCCN1C(=O)c2ccc(C(=O)N3CCS[C@H](C(=O)OC)C3)cc2C1=O. The summed E-state index contributed by atoms with van der Waals surface area (Å²) in [5, 5.41) is -0.420. The molecule has 3 amide bonds. The molecule has 0 N–H and O–H groups in total. The highest BCUT2D eigenvalue weighted by Gasteiger charge is 2.36. The van der Waals surface area contributed by atoms with Gasteiger partial charge in [0.05, 0.1) is 18.2 Å². The summed E-state index contributed by atoms with van der Waals surface area (Å²) in [5.41, 5.74) is 0.874. The van der Waals surface area contributed by atoms with E-state index in [4.69, 9.17) is 9.47 Å². The van der Waals surface area contributed by atoms with Crippen molar-refractivity contribution in [2.24, 2.45) is 0 Å². The third kappa shape index (κ3) is 3.90. The van der Waals surface area contributed by atoms with Crippen LogP contribution < -0.4 is 0 Å². The van der Waals surface area contributed by atoms with E-state index in [1.54, 1.807) is 18.1 Å². The van der Waals surface area contributed by atoms with Crippen LogP contribution >= 0.6 is 11.8 Å². The Bertz CT molecular complexity index is 812. The minimum absolute atomic E-state index is 0.240. The third-order valence-electron chi connectivity index (χ3n) is 4.77. The van der Waals surface area contributed by atoms with Crippen molar-refractivity contribution < 1.29 is 28.7 Å². The summed E-state index contributed by atoms with van der Waals surface area (Å²) in [5.74, 6) is -0.747. The molecule has 1 aromatic carbocycles. The lowest BCUT2D eigenvalue weighted by atomic mass is 10.0. The number of amides is 3. The molecule has 1 fully saturated rings. The Labute approximate surface area is 167 Å². The van der Waals surface area contributed by atoms with Gasteiger partial charge in [-0.3, -0.25) is 24.1 Å². The van der Waals surface area contributed by atoms with E-state index < -0.39 is 11.2 Å². The van der Waals surface area contributed by atoms with E-state index in [0.717, 1.165) is 0 Å². The lowest BCUT2D eigenvalue weighted by Crippen LogP contribution is -2.45. The standard InChI is InChI=1S/C19H22N2O6S/c1-26-8-3-6-21-17(23)13-5-4-12(10-14(13)18(21)24)16(22)20-7-9-28-15(11-20)19(25)27-2/h4-5,10,15H,3,6-9,11H2,1-2H3/t15-/m0/s1. The summed E-state index contributed by atoms with van der Waals surface area (Å²) in [7, 11) is 2.88. The van der Waals surface area contributed by atoms with Gasteiger partial charge < -0.3 is 14.4 Å². The first-order valence-corrected chi connectivity index (χ1v) is 10.0. The van der Waals surface area contributed by atoms with Crippen LogP contribution in [0.3, 0.4) is 0 Å². The minimum Gasteiger partial charge on any atom is -0.468 e. The minimum atomic E-state index is -0.420. The fourth-order valence-corrected chi connectivity index (χ4v) is 4.41. The van der Waals surface area contributed by atoms with Gasteiger partial charge in [-0.05, 0) is 24.6 Å². The average Bonchev–Trinajstić information content (AvgIpc) is 2.97. The van der Waals surface area contributed by atoms with Crippen LogP contribution in [0.5, 0.6) is 0 Å². The zero-order chi connectivity index (χ0) is 20.3. The molecular weight excluding hydrogens is 384 g/mol. The number of hydrogen-bond acceptors (Lipinski definition) is 7. The number of thioether (sulfide) groups is 1. The molecule has 28 heavy (non-hydrogen) atoms. The Balaban J connectivity index is 1.76. The van der Waals surface area contributed by atoms with Crippen LogP contribution in [0.2, 0.25) is 0 Å². The first-order chi connectivity index (χ1) is 13.5. The van der Waals surface area contributed by atoms with Crippen LogP contribution in [-0.4, -0.2) is 85.0 Å². The number of methoxy groups -OCH3 is 2. The summed E-state index contributed by atoms with van der Waals surface area (Å²) in [6.07, 6.45) is 0.550. The molecule has 0 aliphatic carbocycles. The second-order valence-corrected chi connectivity index (χ2v) is 7.81. The van der Waals surface area contributed by atoms with Gasteiger partial charge in [0.2, 0.25) is 0 Å². The van der Waals surface area contributed by atoms with Gasteiger partial charge in [-0.1, -0.05) is 0 Å². The van der Waals surface area contributed by atoms with Gasteiger partial charge in [0.15, 0.2) is 0 Å². The number of carbonyl (C=O) groups is 4. The second-order valence-electron chi connectivity index (χ2n) is 6.50. The Morgan fingerprint density at radius 2 is 1.93 bits per heavy atom. The van der Waals surface area contributed by atoms with Crippen molar-refractivity contribution in [2.75, 3.05) is 46.2 Å². The second kappa shape index (κ2) is 8.74. The van der Waals surface area contributed by atoms with Crippen LogP contribution in [0.25, 0.3) is 0 Å². The maximum absolute atomic E-state index is 12.9. The third-order valence-corrected chi connectivity index (χ3v) is 5.93. The first-order valence-electron chi connectivity index (χ1n) is 8.95. The normalized spacial score (nSPS) is 19.0. The lowest BCUT2D eigenvalue weighted by molar-refractivity contribution is -0.140. The van der Waals surface area contributed by atoms with Crippen molar-refractivity contribution in [1.82, 2.24) is 9.80 Å². The zero-order valence-electron chi connectivity index (χ0n) is 15.8.